The Hall–Kier alpha value is -0.550. The maximum absolute atomic E-state index is 10.1. The van der Waals surface area contributed by atoms with E-state index in [4.69, 9.17) is 5.11 Å². The second kappa shape index (κ2) is 3.58. The Morgan fingerprint density at radius 3 is 2.60 bits per heavy atom. The molecule has 1 heterocycles. The number of carboxylic acids is 1. The summed E-state index contributed by atoms with van der Waals surface area (Å²) in [6.45, 7) is 0. The van der Waals surface area contributed by atoms with Crippen molar-refractivity contribution in [3.8, 4) is 0 Å². The van der Waals surface area contributed by atoms with Gasteiger partial charge >= 0.3 is 5.97 Å². The number of carbonyl (C=O) groups is 1. The zero-order chi connectivity index (χ0) is 6.85. The van der Waals surface area contributed by atoms with Crippen molar-refractivity contribution in [1.29, 1.82) is 0 Å². The van der Waals surface area contributed by atoms with Crippen molar-refractivity contribution in [2.75, 3.05) is 0 Å². The van der Waals surface area contributed by atoms with Crippen LogP contribution >= 0.6 is 28.3 Å². The van der Waals surface area contributed by atoms with Gasteiger partial charge < -0.3 is 10.1 Å². The molecule has 2 N–H and O–H groups in total. The van der Waals surface area contributed by atoms with Crippen LogP contribution < -0.4 is 0 Å². The fourth-order valence-corrected chi connectivity index (χ4v) is 0.722. The van der Waals surface area contributed by atoms with Crippen molar-refractivity contribution in [2.45, 2.75) is 0 Å². The highest BCUT2D eigenvalue weighted by Gasteiger charge is 2.03. The van der Waals surface area contributed by atoms with E-state index in [1.54, 1.807) is 0 Å². The van der Waals surface area contributed by atoms with E-state index in [1.165, 1.54) is 6.20 Å². The molecule has 0 fully saturated rings. The average Bonchev–Trinajstić information content (AvgIpc) is 2.14. The van der Waals surface area contributed by atoms with Gasteiger partial charge in [-0.1, -0.05) is 0 Å². The number of aromatic carboxylic acids is 1. The number of nitrogens with one attached hydrogen (secondary N) is 1. The number of aromatic amines is 1. The quantitative estimate of drug-likeness (QED) is 0.760. The Balaban J connectivity index is 0.000000810. The molecule has 0 radical (unpaired) electrons. The van der Waals surface area contributed by atoms with Crippen LogP contribution in [-0.2, 0) is 0 Å². The molecule has 4 nitrogen and oxygen atoms in total. The zero-order valence-corrected chi connectivity index (χ0v) is 7.07. The number of imidazole rings is 1. The number of nitrogens with zero attached hydrogens (tertiary/aromatic N) is 1. The van der Waals surface area contributed by atoms with Crippen molar-refractivity contribution in [3.05, 3.63) is 16.6 Å². The number of hydrogen-bond donors (Lipinski definition) is 2. The Kier molecular flexibility index (Phi) is 3.38. The van der Waals surface area contributed by atoms with Crippen molar-refractivity contribution in [1.82, 2.24) is 9.97 Å². The molecule has 0 aliphatic rings. The Bertz CT molecular complexity index is 237. The molecule has 0 saturated carbocycles. The standard InChI is InChI=1S/C4H3BrN2O2.ClH/c5-4-6-1-2(7-4)3(8)9;/h1H,(H,6,7)(H,8,9);1H. The fraction of sp³-hybridized carbons (Fsp3) is 0. The third-order valence-corrected chi connectivity index (χ3v) is 1.18. The van der Waals surface area contributed by atoms with Gasteiger partial charge in [-0.05, 0) is 15.9 Å². The minimum Gasteiger partial charge on any atom is -0.477 e. The highest BCUT2D eigenvalue weighted by Crippen LogP contribution is 2.02. The van der Waals surface area contributed by atoms with Gasteiger partial charge in [-0.25, -0.2) is 9.78 Å². The van der Waals surface area contributed by atoms with Gasteiger partial charge in [0, 0.05) is 0 Å². The van der Waals surface area contributed by atoms with Crippen LogP contribution in [-0.4, -0.2) is 21.0 Å². The first-order valence-corrected chi connectivity index (χ1v) is 2.93. The molecule has 0 amide bonds. The van der Waals surface area contributed by atoms with E-state index < -0.39 is 5.97 Å². The van der Waals surface area contributed by atoms with Crippen LogP contribution in [0.15, 0.2) is 10.9 Å². The first-order chi connectivity index (χ1) is 4.20. The second-order valence-corrected chi connectivity index (χ2v) is 2.14. The number of halogens is 2. The van der Waals surface area contributed by atoms with Crippen molar-refractivity contribution >= 4 is 34.3 Å². The van der Waals surface area contributed by atoms with E-state index in [9.17, 15) is 4.79 Å². The maximum Gasteiger partial charge on any atom is 0.353 e. The monoisotopic (exact) mass is 226 g/mol. The van der Waals surface area contributed by atoms with E-state index in [0.717, 1.165) is 0 Å². The molecule has 0 spiro atoms. The summed E-state index contributed by atoms with van der Waals surface area (Å²) >= 11 is 2.97. The lowest BCUT2D eigenvalue weighted by molar-refractivity contribution is 0.0691. The van der Waals surface area contributed by atoms with Crippen molar-refractivity contribution in [3.63, 3.8) is 0 Å². The van der Waals surface area contributed by atoms with Crippen LogP contribution in [0, 0.1) is 0 Å². The topological polar surface area (TPSA) is 66.0 Å². The van der Waals surface area contributed by atoms with Crippen molar-refractivity contribution < 1.29 is 9.90 Å². The van der Waals surface area contributed by atoms with Crippen molar-refractivity contribution in [2.24, 2.45) is 0 Å². The summed E-state index contributed by atoms with van der Waals surface area (Å²) in [5.41, 5.74) is 0.0851. The molecule has 0 aromatic carbocycles. The molecule has 0 aliphatic carbocycles. The van der Waals surface area contributed by atoms with Gasteiger partial charge in [-0.15, -0.1) is 12.4 Å². The van der Waals surface area contributed by atoms with E-state index in [0.29, 0.717) is 4.73 Å². The first kappa shape index (κ1) is 9.45. The van der Waals surface area contributed by atoms with Crippen LogP contribution in [0.1, 0.15) is 10.5 Å². The molecule has 1 aromatic rings. The zero-order valence-electron chi connectivity index (χ0n) is 4.67. The molecule has 6 heteroatoms. The smallest absolute Gasteiger partial charge is 0.353 e. The third kappa shape index (κ3) is 2.00. The summed E-state index contributed by atoms with van der Waals surface area (Å²) < 4.78 is 0.430. The summed E-state index contributed by atoms with van der Waals surface area (Å²) in [6, 6.07) is 0. The van der Waals surface area contributed by atoms with Crippen LogP contribution in [0.2, 0.25) is 0 Å². The lowest BCUT2D eigenvalue weighted by Gasteiger charge is -1.80. The molecule has 1 rings (SSSR count). The lowest BCUT2D eigenvalue weighted by atomic mass is 10.5. The summed E-state index contributed by atoms with van der Waals surface area (Å²) in [5.74, 6) is -1.01. The number of hydrogen-bond acceptors (Lipinski definition) is 2. The number of rotatable bonds is 1. The van der Waals surface area contributed by atoms with E-state index in [2.05, 4.69) is 25.9 Å². The van der Waals surface area contributed by atoms with Crippen LogP contribution in [0.5, 0.6) is 0 Å². The van der Waals surface area contributed by atoms with Gasteiger partial charge in [0.1, 0.15) is 5.69 Å². The van der Waals surface area contributed by atoms with Gasteiger partial charge in [0.05, 0.1) is 6.20 Å². The molecule has 0 aliphatic heterocycles. The first-order valence-electron chi connectivity index (χ1n) is 2.14. The van der Waals surface area contributed by atoms with Gasteiger partial charge in [-0.2, -0.15) is 0 Å². The van der Waals surface area contributed by atoms with Gasteiger partial charge in [0.15, 0.2) is 4.73 Å². The fourth-order valence-electron chi connectivity index (χ4n) is 0.406. The SMILES string of the molecule is Cl.O=C(O)c1cnc(Br)[nH]1. The highest BCUT2D eigenvalue weighted by atomic mass is 79.9. The Morgan fingerprint density at radius 2 is 2.40 bits per heavy atom. The molecule has 1 aromatic heterocycles. The molecular weight excluding hydrogens is 223 g/mol. The molecular formula is C4H4BrClN2O2. The maximum atomic E-state index is 10.1. The van der Waals surface area contributed by atoms with Gasteiger partial charge in [0.2, 0.25) is 0 Å². The van der Waals surface area contributed by atoms with Gasteiger partial charge in [-0.3, -0.25) is 0 Å². The number of H-pyrrole nitrogens is 1. The second-order valence-electron chi connectivity index (χ2n) is 1.39. The summed E-state index contributed by atoms with van der Waals surface area (Å²) in [4.78, 5) is 16.2. The van der Waals surface area contributed by atoms with Crippen LogP contribution in [0.3, 0.4) is 0 Å². The number of aromatic nitrogens is 2. The van der Waals surface area contributed by atoms with E-state index >= 15 is 0 Å². The van der Waals surface area contributed by atoms with Crippen LogP contribution in [0.25, 0.3) is 0 Å². The molecule has 0 unspecified atom stereocenters. The molecule has 0 saturated heterocycles. The highest BCUT2D eigenvalue weighted by molar-refractivity contribution is 9.10. The lowest BCUT2D eigenvalue weighted by Crippen LogP contribution is -1.94. The van der Waals surface area contributed by atoms with Gasteiger partial charge in [0.25, 0.3) is 0 Å². The molecule has 0 atom stereocenters. The predicted molar refractivity (Wildman–Crippen MR) is 40.5 cm³/mol. The third-order valence-electron chi connectivity index (χ3n) is 0.775. The summed E-state index contributed by atoms with van der Waals surface area (Å²) in [6.07, 6.45) is 1.24. The predicted octanol–water partition coefficient (Wildman–Crippen LogP) is 1.29. The molecule has 0 bridgehead atoms. The Morgan fingerprint density at radius 1 is 1.80 bits per heavy atom. The minimum atomic E-state index is -1.01. The van der Waals surface area contributed by atoms with E-state index in [-0.39, 0.29) is 18.1 Å². The van der Waals surface area contributed by atoms with Crippen LogP contribution in [0.4, 0.5) is 0 Å². The average molecular weight is 227 g/mol. The molecule has 56 valence electrons. The largest absolute Gasteiger partial charge is 0.477 e. The Labute approximate surface area is 71.2 Å². The summed E-state index contributed by atoms with van der Waals surface area (Å²) in [7, 11) is 0. The number of carboxylic acid groups (broad SMARTS) is 1. The minimum absolute atomic E-state index is 0. The summed E-state index contributed by atoms with van der Waals surface area (Å²) in [5, 5.41) is 8.31. The normalized spacial score (nSPS) is 8.50. The molecule has 10 heavy (non-hydrogen) atoms. The van der Waals surface area contributed by atoms with E-state index in [1.807, 2.05) is 0 Å².